The van der Waals surface area contributed by atoms with E-state index in [9.17, 15) is 9.59 Å². The van der Waals surface area contributed by atoms with Crippen LogP contribution in [0, 0.1) is 5.41 Å². The fraction of sp³-hybridized carbons (Fsp3) is 0.182. The molecule has 0 fully saturated rings. The lowest BCUT2D eigenvalue weighted by Gasteiger charge is -2.20. The minimum Gasteiger partial charge on any atom is -0.496 e. The van der Waals surface area contributed by atoms with Crippen molar-refractivity contribution in [1.29, 1.82) is 5.41 Å². The number of hydrogen-bond acceptors (Lipinski definition) is 4. The zero-order valence-corrected chi connectivity index (χ0v) is 10.00. The Kier molecular flexibility index (Phi) is 2.63. The van der Waals surface area contributed by atoms with Gasteiger partial charge in [-0.25, -0.2) is 0 Å². The number of ether oxygens (including phenoxy) is 1. The van der Waals surface area contributed by atoms with Crippen molar-refractivity contribution in [3.8, 4) is 5.75 Å². The van der Waals surface area contributed by atoms with Gasteiger partial charge in [-0.05, 0) is 6.07 Å². The Morgan fingerprint density at radius 3 is 2.69 bits per heavy atom. The number of carbonyl (C=O) groups is 2. The molecule has 1 aliphatic carbocycles. The van der Waals surface area contributed by atoms with Crippen molar-refractivity contribution < 1.29 is 14.3 Å². The van der Waals surface area contributed by atoms with Crippen LogP contribution in [0.3, 0.4) is 0 Å². The second-order valence-electron chi connectivity index (χ2n) is 3.35. The molecule has 1 N–H and O–H groups in total. The van der Waals surface area contributed by atoms with E-state index in [4.69, 9.17) is 10.1 Å². The average Bonchev–Trinajstić information content (AvgIpc) is 2.32. The smallest absolute Gasteiger partial charge is 0.212 e. The maximum Gasteiger partial charge on any atom is 0.212 e. The van der Waals surface area contributed by atoms with Gasteiger partial charge in [0, 0.05) is 5.56 Å². The summed E-state index contributed by atoms with van der Waals surface area (Å²) in [5.74, 6) is -0.410. The Bertz CT molecular complexity index is 510. The summed E-state index contributed by atoms with van der Waals surface area (Å²) in [6.45, 7) is 0. The number of benzene rings is 1. The fourth-order valence-electron chi connectivity index (χ4n) is 1.66. The number of fused-ring (bicyclic) bond motifs is 1. The second-order valence-corrected chi connectivity index (χ2v) is 4.27. The molecule has 1 aromatic carbocycles. The number of halogens is 1. The normalized spacial score (nSPS) is 19.6. The van der Waals surface area contributed by atoms with Gasteiger partial charge >= 0.3 is 0 Å². The summed E-state index contributed by atoms with van der Waals surface area (Å²) in [5.41, 5.74) is 0.250. The van der Waals surface area contributed by atoms with E-state index in [1.54, 1.807) is 18.2 Å². The highest BCUT2D eigenvalue weighted by atomic mass is 79.9. The molecule has 1 aromatic rings. The molecule has 5 heteroatoms. The Morgan fingerprint density at radius 2 is 2.06 bits per heavy atom. The molecule has 0 heterocycles. The topological polar surface area (TPSA) is 67.2 Å². The van der Waals surface area contributed by atoms with Gasteiger partial charge in [0.05, 0.1) is 12.7 Å². The molecule has 0 amide bonds. The number of rotatable bonds is 1. The van der Waals surface area contributed by atoms with Crippen molar-refractivity contribution in [3.63, 3.8) is 0 Å². The molecule has 0 aliphatic heterocycles. The SMILES string of the molecule is COc1cccc2c1C(=O)C(=N)C(Br)C2=O. The van der Waals surface area contributed by atoms with E-state index in [0.29, 0.717) is 11.3 Å². The average molecular weight is 282 g/mol. The molecule has 0 spiro atoms. The third-order valence-electron chi connectivity index (χ3n) is 2.47. The predicted octanol–water partition coefficient (Wildman–Crippen LogP) is 1.86. The molecular formula is C11H8BrNO3. The Hall–Kier alpha value is -1.49. The van der Waals surface area contributed by atoms with Crippen molar-refractivity contribution in [2.75, 3.05) is 7.11 Å². The molecule has 1 unspecified atom stereocenters. The summed E-state index contributed by atoms with van der Waals surface area (Å²) in [6, 6.07) is 4.82. The van der Waals surface area contributed by atoms with Crippen LogP contribution in [-0.4, -0.2) is 29.2 Å². The summed E-state index contributed by atoms with van der Waals surface area (Å²) in [5, 5.41) is 7.56. The molecule has 1 atom stereocenters. The molecule has 0 radical (unpaired) electrons. The zero-order chi connectivity index (χ0) is 11.9. The van der Waals surface area contributed by atoms with Gasteiger partial charge in [0.15, 0.2) is 5.78 Å². The summed E-state index contributed by atoms with van der Waals surface area (Å²) >= 11 is 3.04. The van der Waals surface area contributed by atoms with Gasteiger partial charge in [0.25, 0.3) is 0 Å². The van der Waals surface area contributed by atoms with Crippen LogP contribution in [0.2, 0.25) is 0 Å². The predicted molar refractivity (Wildman–Crippen MR) is 62.1 cm³/mol. The van der Waals surface area contributed by atoms with Gasteiger partial charge in [-0.3, -0.25) is 15.0 Å². The molecule has 2 rings (SSSR count). The number of nitrogens with one attached hydrogen (secondary N) is 1. The van der Waals surface area contributed by atoms with E-state index < -0.39 is 10.6 Å². The van der Waals surface area contributed by atoms with Crippen LogP contribution >= 0.6 is 15.9 Å². The number of ketones is 2. The summed E-state index contributed by atoms with van der Waals surface area (Å²) < 4.78 is 5.03. The summed E-state index contributed by atoms with van der Waals surface area (Å²) in [4.78, 5) is 22.9. The van der Waals surface area contributed by atoms with Crippen molar-refractivity contribution in [2.24, 2.45) is 0 Å². The first-order chi connectivity index (χ1) is 7.57. The number of methoxy groups -OCH3 is 1. The van der Waals surface area contributed by atoms with Crippen molar-refractivity contribution >= 4 is 33.2 Å². The van der Waals surface area contributed by atoms with E-state index >= 15 is 0 Å². The maximum atomic E-state index is 11.9. The van der Waals surface area contributed by atoms with Crippen LogP contribution in [0.4, 0.5) is 0 Å². The van der Waals surface area contributed by atoms with E-state index in [1.807, 2.05) is 0 Å². The lowest BCUT2D eigenvalue weighted by atomic mass is 9.87. The standard InChI is InChI=1S/C11H8BrNO3/c1-16-6-4-2-3-5-7(6)11(15)9(13)8(12)10(5)14/h2-4,8,13H,1H3. The third-order valence-corrected chi connectivity index (χ3v) is 3.34. The van der Waals surface area contributed by atoms with Crippen LogP contribution in [0.25, 0.3) is 0 Å². The number of hydrogen-bond donors (Lipinski definition) is 1. The first-order valence-electron chi connectivity index (χ1n) is 4.56. The van der Waals surface area contributed by atoms with Gasteiger partial charge in [0.2, 0.25) is 5.78 Å². The van der Waals surface area contributed by atoms with Crippen LogP contribution in [-0.2, 0) is 0 Å². The Morgan fingerprint density at radius 1 is 1.38 bits per heavy atom. The first kappa shape index (κ1) is 11.0. The van der Waals surface area contributed by atoms with Crippen molar-refractivity contribution in [1.82, 2.24) is 0 Å². The first-order valence-corrected chi connectivity index (χ1v) is 5.48. The molecule has 82 valence electrons. The largest absolute Gasteiger partial charge is 0.496 e. The Balaban J connectivity index is 2.73. The fourth-order valence-corrected chi connectivity index (χ4v) is 2.11. The van der Waals surface area contributed by atoms with E-state index in [2.05, 4.69) is 15.9 Å². The number of carbonyl (C=O) groups excluding carboxylic acids is 2. The zero-order valence-electron chi connectivity index (χ0n) is 8.41. The molecule has 16 heavy (non-hydrogen) atoms. The molecule has 0 bridgehead atoms. The summed E-state index contributed by atoms with van der Waals surface area (Å²) in [7, 11) is 1.43. The molecular weight excluding hydrogens is 274 g/mol. The highest BCUT2D eigenvalue weighted by molar-refractivity contribution is 9.10. The quantitative estimate of drug-likeness (QED) is 0.799. The maximum absolute atomic E-state index is 11.9. The Labute approximate surface area is 100 Å². The minimum absolute atomic E-state index is 0.190. The number of Topliss-reactive ketones (excluding diaryl/α,β-unsaturated/α-hetero) is 2. The van der Waals surface area contributed by atoms with Crippen LogP contribution in [0.5, 0.6) is 5.75 Å². The van der Waals surface area contributed by atoms with E-state index in [0.717, 1.165) is 0 Å². The molecule has 0 saturated carbocycles. The summed E-state index contributed by atoms with van der Waals surface area (Å²) in [6.07, 6.45) is 0. The van der Waals surface area contributed by atoms with E-state index in [-0.39, 0.29) is 17.1 Å². The lowest BCUT2D eigenvalue weighted by molar-refractivity contribution is 0.0968. The van der Waals surface area contributed by atoms with Crippen LogP contribution < -0.4 is 4.74 Å². The highest BCUT2D eigenvalue weighted by Crippen LogP contribution is 2.30. The van der Waals surface area contributed by atoms with Gasteiger partial charge in [-0.1, -0.05) is 28.1 Å². The molecule has 1 aliphatic rings. The van der Waals surface area contributed by atoms with Crippen molar-refractivity contribution in [2.45, 2.75) is 4.83 Å². The van der Waals surface area contributed by atoms with E-state index in [1.165, 1.54) is 7.11 Å². The minimum atomic E-state index is -0.848. The van der Waals surface area contributed by atoms with Crippen LogP contribution in [0.15, 0.2) is 18.2 Å². The van der Waals surface area contributed by atoms with Crippen molar-refractivity contribution in [3.05, 3.63) is 29.3 Å². The monoisotopic (exact) mass is 281 g/mol. The van der Waals surface area contributed by atoms with Gasteiger partial charge < -0.3 is 4.74 Å². The molecule has 4 nitrogen and oxygen atoms in total. The van der Waals surface area contributed by atoms with Gasteiger partial charge in [-0.2, -0.15) is 0 Å². The number of alkyl halides is 1. The van der Waals surface area contributed by atoms with Crippen LogP contribution in [0.1, 0.15) is 20.7 Å². The van der Waals surface area contributed by atoms with Gasteiger partial charge in [0.1, 0.15) is 16.3 Å². The van der Waals surface area contributed by atoms with Gasteiger partial charge in [-0.15, -0.1) is 0 Å². The molecule has 0 saturated heterocycles. The second kappa shape index (κ2) is 3.83. The lowest BCUT2D eigenvalue weighted by Crippen LogP contribution is -2.37. The third kappa shape index (κ3) is 1.39. The highest BCUT2D eigenvalue weighted by Gasteiger charge is 2.37. The molecule has 0 aromatic heterocycles.